The minimum Gasteiger partial charge on any atom is -0.388 e. The molecule has 0 radical (unpaired) electrons. The van der Waals surface area contributed by atoms with Crippen molar-refractivity contribution in [1.29, 1.82) is 0 Å². The molecule has 1 aliphatic rings. The highest BCUT2D eigenvalue weighted by Gasteiger charge is 2.26. The first-order chi connectivity index (χ1) is 9.11. The van der Waals surface area contributed by atoms with Gasteiger partial charge >= 0.3 is 0 Å². The Labute approximate surface area is 115 Å². The van der Waals surface area contributed by atoms with E-state index in [4.69, 9.17) is 0 Å². The summed E-state index contributed by atoms with van der Waals surface area (Å²) >= 11 is 0. The molecule has 0 aromatic heterocycles. The molecule has 1 aliphatic carbocycles. The Kier molecular flexibility index (Phi) is 4.94. The number of nitrogens with zero attached hydrogens (tertiary/aromatic N) is 1. The lowest BCUT2D eigenvalue weighted by atomic mass is 9.96. The van der Waals surface area contributed by atoms with E-state index in [0.717, 1.165) is 25.6 Å². The van der Waals surface area contributed by atoms with Crippen LogP contribution >= 0.6 is 0 Å². The van der Waals surface area contributed by atoms with E-state index < -0.39 is 6.10 Å². The van der Waals surface area contributed by atoms with E-state index >= 15 is 0 Å². The molecule has 3 heteroatoms. The summed E-state index contributed by atoms with van der Waals surface area (Å²) in [6, 6.07) is 6.51. The third-order valence-corrected chi connectivity index (χ3v) is 3.97. The van der Waals surface area contributed by atoms with Gasteiger partial charge in [0, 0.05) is 18.7 Å². The summed E-state index contributed by atoms with van der Waals surface area (Å²) in [5, 5.41) is 10.3. The Hall–Kier alpha value is -0.930. The van der Waals surface area contributed by atoms with Gasteiger partial charge in [0.25, 0.3) is 0 Å². The number of halogens is 1. The van der Waals surface area contributed by atoms with Crippen molar-refractivity contribution in [1.82, 2.24) is 4.90 Å². The molecule has 106 valence electrons. The molecule has 0 amide bonds. The van der Waals surface area contributed by atoms with E-state index in [1.54, 1.807) is 18.2 Å². The highest BCUT2D eigenvalue weighted by Crippen LogP contribution is 2.31. The molecule has 2 atom stereocenters. The molecule has 0 aliphatic heterocycles. The first-order valence-electron chi connectivity index (χ1n) is 7.26. The smallest absolute Gasteiger partial charge is 0.129 e. The maximum Gasteiger partial charge on any atom is 0.129 e. The monoisotopic (exact) mass is 265 g/mol. The van der Waals surface area contributed by atoms with Gasteiger partial charge in [0.2, 0.25) is 0 Å². The lowest BCUT2D eigenvalue weighted by Gasteiger charge is -2.27. The fourth-order valence-corrected chi connectivity index (χ4v) is 2.53. The maximum atomic E-state index is 13.7. The van der Waals surface area contributed by atoms with E-state index in [1.807, 2.05) is 6.92 Å². The molecule has 1 aromatic rings. The van der Waals surface area contributed by atoms with Gasteiger partial charge in [-0.15, -0.1) is 0 Å². The van der Waals surface area contributed by atoms with Crippen LogP contribution in [0.2, 0.25) is 0 Å². The van der Waals surface area contributed by atoms with Crippen molar-refractivity contribution in [2.75, 3.05) is 19.6 Å². The van der Waals surface area contributed by atoms with Crippen molar-refractivity contribution in [3.8, 4) is 0 Å². The van der Waals surface area contributed by atoms with Crippen LogP contribution in [0.3, 0.4) is 0 Å². The third-order valence-electron chi connectivity index (χ3n) is 3.97. The second-order valence-electron chi connectivity index (χ2n) is 5.74. The predicted octanol–water partition coefficient (Wildman–Crippen LogP) is 3.23. The van der Waals surface area contributed by atoms with Crippen molar-refractivity contribution < 1.29 is 9.50 Å². The first-order valence-corrected chi connectivity index (χ1v) is 7.26. The molecule has 2 unspecified atom stereocenters. The van der Waals surface area contributed by atoms with Crippen LogP contribution in [0.1, 0.15) is 38.4 Å². The summed E-state index contributed by atoms with van der Waals surface area (Å²) in [6.45, 7) is 7.06. The number of rotatable bonds is 7. The van der Waals surface area contributed by atoms with Gasteiger partial charge in [-0.1, -0.05) is 32.0 Å². The zero-order valence-electron chi connectivity index (χ0n) is 11.8. The second kappa shape index (κ2) is 6.49. The summed E-state index contributed by atoms with van der Waals surface area (Å²) in [5.74, 6) is 0.570. The van der Waals surface area contributed by atoms with E-state index in [9.17, 15) is 9.50 Å². The number of hydrogen-bond acceptors (Lipinski definition) is 2. The van der Waals surface area contributed by atoms with Crippen molar-refractivity contribution >= 4 is 0 Å². The number of benzene rings is 1. The maximum absolute atomic E-state index is 13.7. The fraction of sp³-hybridized carbons (Fsp3) is 0.625. The van der Waals surface area contributed by atoms with Gasteiger partial charge in [-0.2, -0.15) is 0 Å². The molecule has 1 saturated carbocycles. The van der Waals surface area contributed by atoms with Crippen molar-refractivity contribution in [3.63, 3.8) is 0 Å². The van der Waals surface area contributed by atoms with Gasteiger partial charge in [0.1, 0.15) is 5.82 Å². The summed E-state index contributed by atoms with van der Waals surface area (Å²) in [7, 11) is 0. The van der Waals surface area contributed by atoms with E-state index in [-0.39, 0.29) is 11.7 Å². The highest BCUT2D eigenvalue weighted by molar-refractivity contribution is 5.20. The van der Waals surface area contributed by atoms with Gasteiger partial charge < -0.3 is 10.0 Å². The Balaban J connectivity index is 1.94. The third kappa shape index (κ3) is 4.02. The quantitative estimate of drug-likeness (QED) is 0.818. The minimum atomic E-state index is -0.727. The van der Waals surface area contributed by atoms with Gasteiger partial charge in [-0.3, -0.25) is 0 Å². The largest absolute Gasteiger partial charge is 0.388 e. The molecule has 0 spiro atoms. The van der Waals surface area contributed by atoms with Crippen molar-refractivity contribution in [3.05, 3.63) is 35.6 Å². The second-order valence-corrected chi connectivity index (χ2v) is 5.74. The van der Waals surface area contributed by atoms with Crippen LogP contribution in [0, 0.1) is 17.7 Å². The standard InChI is InChI=1S/C16H24FNO/c1-3-18(11-13-8-9-13)10-12(2)16(19)14-6-4-5-7-15(14)17/h4-7,12-13,16,19H,3,8-11H2,1-2H3. The topological polar surface area (TPSA) is 23.5 Å². The molecule has 1 fully saturated rings. The van der Waals surface area contributed by atoms with Gasteiger partial charge in [-0.25, -0.2) is 4.39 Å². The molecular weight excluding hydrogens is 241 g/mol. The Morgan fingerprint density at radius 1 is 1.37 bits per heavy atom. The average Bonchev–Trinajstić information content (AvgIpc) is 3.21. The van der Waals surface area contributed by atoms with Crippen LogP contribution in [0.15, 0.2) is 24.3 Å². The molecule has 0 bridgehead atoms. The zero-order valence-corrected chi connectivity index (χ0v) is 11.8. The Morgan fingerprint density at radius 2 is 2.05 bits per heavy atom. The summed E-state index contributed by atoms with van der Waals surface area (Å²) in [5.41, 5.74) is 0.414. The van der Waals surface area contributed by atoms with E-state index in [1.165, 1.54) is 18.9 Å². The lowest BCUT2D eigenvalue weighted by molar-refractivity contribution is 0.0852. The van der Waals surface area contributed by atoms with Crippen LogP contribution in [0.5, 0.6) is 0 Å². The Bertz CT molecular complexity index is 405. The average molecular weight is 265 g/mol. The SMILES string of the molecule is CCN(CC1CC1)CC(C)C(O)c1ccccc1F. The summed E-state index contributed by atoms with van der Waals surface area (Å²) in [6.07, 6.45) is 1.94. The highest BCUT2D eigenvalue weighted by atomic mass is 19.1. The molecule has 0 saturated heterocycles. The van der Waals surface area contributed by atoms with E-state index in [0.29, 0.717) is 5.56 Å². The zero-order chi connectivity index (χ0) is 13.8. The van der Waals surface area contributed by atoms with Crippen LogP contribution in [-0.4, -0.2) is 29.6 Å². The van der Waals surface area contributed by atoms with E-state index in [2.05, 4.69) is 11.8 Å². The number of aliphatic hydroxyl groups is 1. The van der Waals surface area contributed by atoms with Crippen molar-refractivity contribution in [2.24, 2.45) is 11.8 Å². The van der Waals surface area contributed by atoms with Crippen LogP contribution in [0.4, 0.5) is 4.39 Å². The van der Waals surface area contributed by atoms with Crippen LogP contribution < -0.4 is 0 Å². The van der Waals surface area contributed by atoms with Gasteiger partial charge in [0.05, 0.1) is 6.10 Å². The molecular formula is C16H24FNO. The Morgan fingerprint density at radius 3 is 2.63 bits per heavy atom. The fourth-order valence-electron chi connectivity index (χ4n) is 2.53. The minimum absolute atomic E-state index is 0.0376. The normalized spacial score (nSPS) is 18.6. The van der Waals surface area contributed by atoms with Crippen LogP contribution in [-0.2, 0) is 0 Å². The van der Waals surface area contributed by atoms with Crippen LogP contribution in [0.25, 0.3) is 0 Å². The molecule has 2 nitrogen and oxygen atoms in total. The lowest BCUT2D eigenvalue weighted by Crippen LogP contribution is -2.32. The molecule has 0 heterocycles. The predicted molar refractivity (Wildman–Crippen MR) is 75.4 cm³/mol. The number of aliphatic hydroxyl groups excluding tert-OH is 1. The van der Waals surface area contributed by atoms with Gasteiger partial charge in [-0.05, 0) is 37.3 Å². The molecule has 2 rings (SSSR count). The van der Waals surface area contributed by atoms with Crippen molar-refractivity contribution in [2.45, 2.75) is 32.8 Å². The first kappa shape index (κ1) is 14.5. The van der Waals surface area contributed by atoms with Gasteiger partial charge in [0.15, 0.2) is 0 Å². The molecule has 1 N–H and O–H groups in total. The summed E-state index contributed by atoms with van der Waals surface area (Å²) in [4.78, 5) is 2.37. The number of hydrogen-bond donors (Lipinski definition) is 1. The molecule has 1 aromatic carbocycles. The summed E-state index contributed by atoms with van der Waals surface area (Å²) < 4.78 is 13.7. The molecule has 19 heavy (non-hydrogen) atoms.